The first-order chi connectivity index (χ1) is 5.34. The van der Waals surface area contributed by atoms with E-state index < -0.39 is 0 Å². The standard InChI is InChI=1S/C8H13N3/c1-11-6-7(5-10-11)4-9-8-2-3-8/h5-6,8-9H,2-4H2,1H3. The lowest BCUT2D eigenvalue weighted by Crippen LogP contribution is -2.14. The van der Waals surface area contributed by atoms with Crippen molar-refractivity contribution < 1.29 is 0 Å². The maximum atomic E-state index is 4.09. The summed E-state index contributed by atoms with van der Waals surface area (Å²) in [5.41, 5.74) is 1.28. The maximum absolute atomic E-state index is 4.09. The van der Waals surface area contributed by atoms with Crippen molar-refractivity contribution in [1.82, 2.24) is 15.1 Å². The molecule has 1 aliphatic carbocycles. The van der Waals surface area contributed by atoms with Gasteiger partial charge >= 0.3 is 0 Å². The molecular weight excluding hydrogens is 138 g/mol. The van der Waals surface area contributed by atoms with Crippen LogP contribution in [0.25, 0.3) is 0 Å². The van der Waals surface area contributed by atoms with Crippen LogP contribution in [0.1, 0.15) is 18.4 Å². The van der Waals surface area contributed by atoms with Gasteiger partial charge in [0.05, 0.1) is 6.20 Å². The van der Waals surface area contributed by atoms with E-state index >= 15 is 0 Å². The number of hydrogen-bond donors (Lipinski definition) is 1. The van der Waals surface area contributed by atoms with Crippen molar-refractivity contribution in [3.05, 3.63) is 18.0 Å². The fourth-order valence-electron chi connectivity index (χ4n) is 1.11. The molecule has 11 heavy (non-hydrogen) atoms. The second-order valence-corrected chi connectivity index (χ2v) is 3.18. The molecule has 1 aromatic rings. The van der Waals surface area contributed by atoms with E-state index in [2.05, 4.69) is 16.6 Å². The van der Waals surface area contributed by atoms with E-state index in [0.717, 1.165) is 12.6 Å². The van der Waals surface area contributed by atoms with Gasteiger partial charge in [0.15, 0.2) is 0 Å². The highest BCUT2D eigenvalue weighted by atomic mass is 15.2. The smallest absolute Gasteiger partial charge is 0.0534 e. The minimum Gasteiger partial charge on any atom is -0.310 e. The molecule has 0 aliphatic heterocycles. The largest absolute Gasteiger partial charge is 0.310 e. The summed E-state index contributed by atoms with van der Waals surface area (Å²) in [7, 11) is 1.95. The molecule has 3 heteroatoms. The molecule has 0 bridgehead atoms. The van der Waals surface area contributed by atoms with E-state index in [1.54, 1.807) is 0 Å². The topological polar surface area (TPSA) is 29.9 Å². The van der Waals surface area contributed by atoms with Gasteiger partial charge < -0.3 is 5.32 Å². The van der Waals surface area contributed by atoms with Gasteiger partial charge in [-0.3, -0.25) is 4.68 Å². The molecule has 0 saturated heterocycles. The first-order valence-corrected chi connectivity index (χ1v) is 4.05. The highest BCUT2D eigenvalue weighted by molar-refractivity contribution is 5.03. The van der Waals surface area contributed by atoms with Gasteiger partial charge in [0.2, 0.25) is 0 Å². The number of hydrogen-bond acceptors (Lipinski definition) is 2. The average Bonchev–Trinajstić information content (AvgIpc) is 2.72. The zero-order valence-corrected chi connectivity index (χ0v) is 6.75. The van der Waals surface area contributed by atoms with Crippen LogP contribution in [0.4, 0.5) is 0 Å². The molecular formula is C8H13N3. The number of nitrogens with zero attached hydrogens (tertiary/aromatic N) is 2. The van der Waals surface area contributed by atoms with Gasteiger partial charge in [-0.2, -0.15) is 5.10 Å². The third kappa shape index (κ3) is 1.80. The van der Waals surface area contributed by atoms with Crippen LogP contribution in [0.2, 0.25) is 0 Å². The van der Waals surface area contributed by atoms with Gasteiger partial charge in [-0.1, -0.05) is 0 Å². The van der Waals surface area contributed by atoms with E-state index in [-0.39, 0.29) is 0 Å². The second-order valence-electron chi connectivity index (χ2n) is 3.18. The summed E-state index contributed by atoms with van der Waals surface area (Å²) in [5.74, 6) is 0. The van der Waals surface area contributed by atoms with E-state index in [0.29, 0.717) is 0 Å². The predicted molar refractivity (Wildman–Crippen MR) is 43.1 cm³/mol. The van der Waals surface area contributed by atoms with Crippen molar-refractivity contribution in [2.45, 2.75) is 25.4 Å². The summed E-state index contributed by atoms with van der Waals surface area (Å²) in [4.78, 5) is 0. The van der Waals surface area contributed by atoms with Crippen LogP contribution in [-0.2, 0) is 13.6 Å². The van der Waals surface area contributed by atoms with Crippen LogP contribution >= 0.6 is 0 Å². The Kier molecular flexibility index (Phi) is 1.66. The maximum Gasteiger partial charge on any atom is 0.0534 e. The molecule has 2 rings (SSSR count). The van der Waals surface area contributed by atoms with Crippen molar-refractivity contribution in [3.8, 4) is 0 Å². The highest BCUT2D eigenvalue weighted by Gasteiger charge is 2.19. The minimum absolute atomic E-state index is 0.787. The molecule has 0 aromatic carbocycles. The summed E-state index contributed by atoms with van der Waals surface area (Å²) in [6.07, 6.45) is 6.66. The van der Waals surface area contributed by atoms with Crippen molar-refractivity contribution >= 4 is 0 Å². The highest BCUT2D eigenvalue weighted by Crippen LogP contribution is 2.18. The number of aromatic nitrogens is 2. The van der Waals surface area contributed by atoms with Gasteiger partial charge in [-0.05, 0) is 12.8 Å². The number of rotatable bonds is 3. The summed E-state index contributed by atoms with van der Waals surface area (Å²) < 4.78 is 1.84. The molecule has 1 saturated carbocycles. The Balaban J connectivity index is 1.85. The minimum atomic E-state index is 0.787. The van der Waals surface area contributed by atoms with Crippen LogP contribution in [0.5, 0.6) is 0 Å². The van der Waals surface area contributed by atoms with Crippen LogP contribution < -0.4 is 5.32 Å². The molecule has 3 nitrogen and oxygen atoms in total. The molecule has 1 heterocycles. The van der Waals surface area contributed by atoms with Crippen LogP contribution in [-0.4, -0.2) is 15.8 Å². The molecule has 0 amide bonds. The van der Waals surface area contributed by atoms with Gasteiger partial charge in [0.1, 0.15) is 0 Å². The zero-order chi connectivity index (χ0) is 7.68. The Bertz CT molecular complexity index is 237. The van der Waals surface area contributed by atoms with Gasteiger partial charge in [-0.25, -0.2) is 0 Å². The lowest BCUT2D eigenvalue weighted by atomic mass is 10.3. The Morgan fingerprint density at radius 1 is 1.73 bits per heavy atom. The first-order valence-electron chi connectivity index (χ1n) is 4.05. The number of aryl methyl sites for hydroxylation is 1. The van der Waals surface area contributed by atoms with Gasteiger partial charge in [0.25, 0.3) is 0 Å². The normalized spacial score (nSPS) is 17.2. The van der Waals surface area contributed by atoms with Crippen molar-refractivity contribution in [1.29, 1.82) is 0 Å². The molecule has 60 valence electrons. The molecule has 1 N–H and O–H groups in total. The van der Waals surface area contributed by atoms with Crippen LogP contribution in [0.15, 0.2) is 12.4 Å². The van der Waals surface area contributed by atoms with Gasteiger partial charge in [0, 0.05) is 31.4 Å². The summed E-state index contributed by atoms with van der Waals surface area (Å²) in [6, 6.07) is 0.787. The molecule has 0 unspecified atom stereocenters. The molecule has 1 aliphatic rings. The Morgan fingerprint density at radius 3 is 3.09 bits per heavy atom. The molecule has 1 aromatic heterocycles. The average molecular weight is 151 g/mol. The predicted octanol–water partition coefficient (Wildman–Crippen LogP) is 0.672. The van der Waals surface area contributed by atoms with Crippen LogP contribution in [0, 0.1) is 0 Å². The fourth-order valence-corrected chi connectivity index (χ4v) is 1.11. The fraction of sp³-hybridized carbons (Fsp3) is 0.625. The summed E-state index contributed by atoms with van der Waals surface area (Å²) >= 11 is 0. The molecule has 0 radical (unpaired) electrons. The lowest BCUT2D eigenvalue weighted by molar-refractivity contribution is 0.686. The van der Waals surface area contributed by atoms with Crippen molar-refractivity contribution in [2.75, 3.05) is 0 Å². The van der Waals surface area contributed by atoms with Crippen molar-refractivity contribution in [3.63, 3.8) is 0 Å². The Hall–Kier alpha value is -0.830. The Morgan fingerprint density at radius 2 is 2.55 bits per heavy atom. The van der Waals surface area contributed by atoms with E-state index in [9.17, 15) is 0 Å². The lowest BCUT2D eigenvalue weighted by Gasteiger charge is -1.96. The quantitative estimate of drug-likeness (QED) is 0.688. The Labute approximate surface area is 66.4 Å². The second kappa shape index (κ2) is 2.66. The summed E-state index contributed by atoms with van der Waals surface area (Å²) in [5, 5.41) is 7.52. The zero-order valence-electron chi connectivity index (χ0n) is 6.75. The van der Waals surface area contributed by atoms with Crippen molar-refractivity contribution in [2.24, 2.45) is 7.05 Å². The first kappa shape index (κ1) is 6.85. The SMILES string of the molecule is Cn1cc(CNC2CC2)cn1. The number of nitrogens with one attached hydrogen (secondary N) is 1. The van der Waals surface area contributed by atoms with Gasteiger partial charge in [-0.15, -0.1) is 0 Å². The molecule has 0 spiro atoms. The third-order valence-electron chi connectivity index (χ3n) is 1.93. The van der Waals surface area contributed by atoms with Crippen LogP contribution in [0.3, 0.4) is 0 Å². The molecule has 0 atom stereocenters. The third-order valence-corrected chi connectivity index (χ3v) is 1.93. The monoisotopic (exact) mass is 151 g/mol. The van der Waals surface area contributed by atoms with E-state index in [1.807, 2.05) is 17.9 Å². The molecule has 1 fully saturated rings. The van der Waals surface area contributed by atoms with E-state index in [4.69, 9.17) is 0 Å². The summed E-state index contributed by atoms with van der Waals surface area (Å²) in [6.45, 7) is 0.971. The van der Waals surface area contributed by atoms with E-state index in [1.165, 1.54) is 18.4 Å².